The van der Waals surface area contributed by atoms with Crippen LogP contribution in [0.15, 0.2) is 5.11 Å². The lowest BCUT2D eigenvalue weighted by atomic mass is 9.84. The summed E-state index contributed by atoms with van der Waals surface area (Å²) in [6.07, 6.45) is 1.02. The number of azide groups is 1. The zero-order valence-corrected chi connectivity index (χ0v) is 13.1. The molecule has 0 bridgehead atoms. The van der Waals surface area contributed by atoms with E-state index in [0.717, 1.165) is 19.1 Å². The maximum atomic E-state index is 11.5. The maximum Gasteiger partial charge on any atom is 0.161 e. The lowest BCUT2D eigenvalue weighted by Crippen LogP contribution is -2.54. The van der Waals surface area contributed by atoms with Crippen molar-refractivity contribution in [2.45, 2.75) is 45.2 Å². The van der Waals surface area contributed by atoms with E-state index in [4.69, 9.17) is 19.7 Å². The smallest absolute Gasteiger partial charge is 0.161 e. The van der Waals surface area contributed by atoms with E-state index >= 15 is 0 Å². The zero-order valence-electron chi connectivity index (χ0n) is 13.1. The van der Waals surface area contributed by atoms with Crippen molar-refractivity contribution in [3.8, 4) is 0 Å². The fraction of sp³-hybridized carbons (Fsp3) is 0.929. The first-order valence-corrected chi connectivity index (χ1v) is 7.65. The molecule has 0 amide bonds. The van der Waals surface area contributed by atoms with Crippen LogP contribution in [0.1, 0.15) is 26.7 Å². The van der Waals surface area contributed by atoms with Crippen molar-refractivity contribution in [2.75, 3.05) is 26.4 Å². The third-order valence-electron chi connectivity index (χ3n) is 3.77. The van der Waals surface area contributed by atoms with Gasteiger partial charge in [0.15, 0.2) is 6.29 Å². The topological polar surface area (TPSA) is 114 Å². The summed E-state index contributed by atoms with van der Waals surface area (Å²) in [4.78, 5) is 14.1. The predicted octanol–water partition coefficient (Wildman–Crippen LogP) is 1.67. The number of aliphatic hydroxyl groups is 1. The first-order valence-electron chi connectivity index (χ1n) is 7.65. The predicted molar refractivity (Wildman–Crippen MR) is 79.1 cm³/mol. The van der Waals surface area contributed by atoms with Gasteiger partial charge in [0.25, 0.3) is 0 Å². The average Bonchev–Trinajstić information content (AvgIpc) is 2.53. The van der Waals surface area contributed by atoms with Gasteiger partial charge < -0.3 is 24.1 Å². The van der Waals surface area contributed by atoms with Gasteiger partial charge in [0.2, 0.25) is 0 Å². The second-order valence-corrected chi connectivity index (χ2v) is 5.31. The first-order chi connectivity index (χ1) is 10.7. The van der Waals surface area contributed by atoms with E-state index in [-0.39, 0.29) is 25.7 Å². The van der Waals surface area contributed by atoms with Crippen molar-refractivity contribution < 1.29 is 24.1 Å². The quantitative estimate of drug-likeness (QED) is 0.216. The van der Waals surface area contributed by atoms with Crippen LogP contribution >= 0.6 is 0 Å². The molecule has 8 heteroatoms. The van der Waals surface area contributed by atoms with Gasteiger partial charge in [0, 0.05) is 24.0 Å². The van der Waals surface area contributed by atoms with Crippen LogP contribution in [0.5, 0.6) is 0 Å². The molecule has 1 N–H and O–H groups in total. The molecule has 0 radical (unpaired) electrons. The molecule has 1 fully saturated rings. The minimum absolute atomic E-state index is 0.190. The monoisotopic (exact) mass is 315 g/mol. The van der Waals surface area contributed by atoms with Crippen LogP contribution < -0.4 is 0 Å². The number of ether oxygens (including phenoxy) is 3. The molecule has 0 spiro atoms. The largest absolute Gasteiger partial charge is 0.394 e. The summed E-state index contributed by atoms with van der Waals surface area (Å²) in [6, 6.07) is 0. The van der Waals surface area contributed by atoms with Crippen molar-refractivity contribution in [1.29, 1.82) is 0 Å². The van der Waals surface area contributed by atoms with Crippen LogP contribution in [-0.4, -0.2) is 56.3 Å². The van der Waals surface area contributed by atoms with Gasteiger partial charge in [-0.3, -0.25) is 0 Å². The Morgan fingerprint density at radius 3 is 2.77 bits per heavy atom. The normalized spacial score (nSPS) is 31.5. The highest BCUT2D eigenvalue weighted by atomic mass is 16.7. The highest BCUT2D eigenvalue weighted by molar-refractivity contribution is 5.55. The lowest BCUT2D eigenvalue weighted by molar-refractivity contribution is -0.272. The molecule has 1 saturated heterocycles. The molecule has 8 nitrogen and oxygen atoms in total. The van der Waals surface area contributed by atoms with Crippen LogP contribution in [0.25, 0.3) is 10.4 Å². The third kappa shape index (κ3) is 5.23. The highest BCUT2D eigenvalue weighted by Gasteiger charge is 2.44. The van der Waals surface area contributed by atoms with Gasteiger partial charge in [-0.25, -0.2) is 0 Å². The van der Waals surface area contributed by atoms with Gasteiger partial charge in [0.05, 0.1) is 25.2 Å². The molecule has 1 aliphatic heterocycles. The van der Waals surface area contributed by atoms with E-state index in [2.05, 4.69) is 16.9 Å². The molecule has 1 rings (SSSR count). The van der Waals surface area contributed by atoms with Crippen LogP contribution in [0.4, 0.5) is 0 Å². The lowest BCUT2D eigenvalue weighted by Gasteiger charge is -2.43. The Hall–Kier alpha value is -1.18. The van der Waals surface area contributed by atoms with E-state index in [1.165, 1.54) is 0 Å². The summed E-state index contributed by atoms with van der Waals surface area (Å²) in [5, 5.41) is 12.9. The molecule has 22 heavy (non-hydrogen) atoms. The molecule has 1 heterocycles. The number of carbonyl (C=O) groups is 1. The van der Waals surface area contributed by atoms with Crippen LogP contribution in [0.3, 0.4) is 0 Å². The van der Waals surface area contributed by atoms with Crippen LogP contribution in [0.2, 0.25) is 0 Å². The van der Waals surface area contributed by atoms with Crippen molar-refractivity contribution in [2.24, 2.45) is 17.0 Å². The SMILES string of the molecule is CCCCO[C@@H]1C(CO)O[C@@H](OCCN=[N+]=[N-])[C@@H](C)C1C=O. The molecule has 126 valence electrons. The fourth-order valence-electron chi connectivity index (χ4n) is 2.48. The summed E-state index contributed by atoms with van der Waals surface area (Å²) < 4.78 is 17.0. The summed E-state index contributed by atoms with van der Waals surface area (Å²) in [6.45, 7) is 4.57. The zero-order chi connectivity index (χ0) is 16.4. The number of unbranched alkanes of at least 4 members (excludes halogenated alkanes) is 1. The Balaban J connectivity index is 2.67. The van der Waals surface area contributed by atoms with E-state index in [9.17, 15) is 9.90 Å². The van der Waals surface area contributed by atoms with Gasteiger partial charge in [-0.2, -0.15) is 0 Å². The Bertz CT molecular complexity index is 375. The van der Waals surface area contributed by atoms with Crippen molar-refractivity contribution >= 4 is 6.29 Å². The number of rotatable bonds is 10. The van der Waals surface area contributed by atoms with Gasteiger partial charge in [-0.05, 0) is 12.0 Å². The number of hydrogen-bond donors (Lipinski definition) is 1. The fourth-order valence-corrected chi connectivity index (χ4v) is 2.48. The minimum atomic E-state index is -0.632. The van der Waals surface area contributed by atoms with E-state index in [0.29, 0.717) is 6.61 Å². The molecular weight excluding hydrogens is 290 g/mol. The third-order valence-corrected chi connectivity index (χ3v) is 3.77. The van der Waals surface area contributed by atoms with Gasteiger partial charge in [0.1, 0.15) is 12.4 Å². The Morgan fingerprint density at radius 2 is 2.18 bits per heavy atom. The summed E-state index contributed by atoms with van der Waals surface area (Å²) in [5.41, 5.74) is 8.23. The first kappa shape index (κ1) is 18.9. The van der Waals surface area contributed by atoms with Gasteiger partial charge in [-0.1, -0.05) is 25.4 Å². The molecular formula is C14H25N3O5. The summed E-state index contributed by atoms with van der Waals surface area (Å²) >= 11 is 0. The average molecular weight is 315 g/mol. The van der Waals surface area contributed by atoms with E-state index < -0.39 is 24.4 Å². The summed E-state index contributed by atoms with van der Waals surface area (Å²) in [7, 11) is 0. The number of nitrogens with zero attached hydrogens (tertiary/aromatic N) is 3. The number of aldehydes is 1. The number of carbonyl (C=O) groups excluding carboxylic acids is 1. The Morgan fingerprint density at radius 1 is 1.41 bits per heavy atom. The molecule has 0 saturated carbocycles. The molecule has 1 aliphatic rings. The van der Waals surface area contributed by atoms with Crippen LogP contribution in [-0.2, 0) is 19.0 Å². The second-order valence-electron chi connectivity index (χ2n) is 5.31. The molecule has 0 aromatic rings. The van der Waals surface area contributed by atoms with Gasteiger partial charge >= 0.3 is 0 Å². The van der Waals surface area contributed by atoms with Gasteiger partial charge in [-0.15, -0.1) is 0 Å². The molecule has 0 aromatic carbocycles. The highest BCUT2D eigenvalue weighted by Crippen LogP contribution is 2.32. The van der Waals surface area contributed by atoms with Crippen LogP contribution in [0, 0.1) is 11.8 Å². The Labute approximate surface area is 130 Å². The maximum absolute atomic E-state index is 11.5. The van der Waals surface area contributed by atoms with Crippen molar-refractivity contribution in [3.63, 3.8) is 0 Å². The van der Waals surface area contributed by atoms with Crippen molar-refractivity contribution in [1.82, 2.24) is 0 Å². The minimum Gasteiger partial charge on any atom is -0.394 e. The standard InChI is InChI=1S/C14H25N3O5/c1-3-4-6-20-13-11(8-18)10(2)14(22-12(13)9-19)21-7-5-16-17-15/h8,10-14,19H,3-7,9H2,1-2H3/t10-,11?,12?,13-,14+/m0/s1. The second kappa shape index (κ2) is 10.5. The molecule has 5 atom stereocenters. The number of aliphatic hydroxyl groups excluding tert-OH is 1. The molecule has 2 unspecified atom stereocenters. The molecule has 0 aliphatic carbocycles. The molecule has 0 aromatic heterocycles. The summed E-state index contributed by atoms with van der Waals surface area (Å²) in [5.74, 6) is -0.620. The van der Waals surface area contributed by atoms with Crippen molar-refractivity contribution in [3.05, 3.63) is 10.4 Å². The van der Waals surface area contributed by atoms with E-state index in [1.54, 1.807) is 0 Å². The Kier molecular flexibility index (Phi) is 9.03. The van der Waals surface area contributed by atoms with E-state index in [1.807, 2.05) is 6.92 Å². The number of hydrogen-bond acceptors (Lipinski definition) is 6.